The molecule has 2 amide bonds. The molecule has 1 aromatic rings. The van der Waals surface area contributed by atoms with Crippen LogP contribution in [0.25, 0.3) is 0 Å². The highest BCUT2D eigenvalue weighted by atomic mass is 127. The van der Waals surface area contributed by atoms with E-state index < -0.39 is 0 Å². The van der Waals surface area contributed by atoms with Crippen LogP contribution in [0, 0.1) is 23.7 Å². The number of halogens is 1. The van der Waals surface area contributed by atoms with Gasteiger partial charge < -0.3 is 10.6 Å². The Morgan fingerprint density at radius 2 is 1.73 bits per heavy atom. The lowest BCUT2D eigenvalue weighted by Gasteiger charge is -2.20. The average Bonchev–Trinajstić information content (AvgIpc) is 3.43. The van der Waals surface area contributed by atoms with Crippen molar-refractivity contribution in [1.82, 2.24) is 15.5 Å². The van der Waals surface area contributed by atoms with Crippen molar-refractivity contribution in [2.45, 2.75) is 25.7 Å². The molecule has 4 rings (SSSR count). The van der Waals surface area contributed by atoms with Crippen LogP contribution in [-0.4, -0.2) is 49.4 Å². The second-order valence-electron chi connectivity index (χ2n) is 8.22. The SMILES string of the molecule is CCC(CNC(=NC)NCCN1C(=O)C2C3C=CC(C3)C2C1=O)c1ccccc1.I. The molecule has 2 N–H and O–H groups in total. The van der Waals surface area contributed by atoms with Crippen LogP contribution in [0.4, 0.5) is 0 Å². The summed E-state index contributed by atoms with van der Waals surface area (Å²) in [5.41, 5.74) is 1.31. The average molecular weight is 522 g/mol. The first-order chi connectivity index (χ1) is 14.1. The normalized spacial score (nSPS) is 27.8. The number of imide groups is 1. The summed E-state index contributed by atoms with van der Waals surface area (Å²) in [6.07, 6.45) is 6.25. The van der Waals surface area contributed by atoms with Crippen molar-refractivity contribution in [3.05, 3.63) is 48.0 Å². The Hall–Kier alpha value is -1.90. The van der Waals surface area contributed by atoms with Gasteiger partial charge in [-0.1, -0.05) is 49.4 Å². The van der Waals surface area contributed by atoms with Gasteiger partial charge in [-0.05, 0) is 30.2 Å². The number of allylic oxidation sites excluding steroid dienone is 2. The summed E-state index contributed by atoms with van der Waals surface area (Å²) in [4.78, 5) is 31.2. The van der Waals surface area contributed by atoms with Crippen LogP contribution < -0.4 is 10.6 Å². The first-order valence-corrected chi connectivity index (χ1v) is 10.7. The Balaban J connectivity index is 0.00000256. The fourth-order valence-corrected chi connectivity index (χ4v) is 5.13. The number of hydrogen-bond donors (Lipinski definition) is 2. The number of rotatable bonds is 7. The monoisotopic (exact) mass is 522 g/mol. The molecular weight excluding hydrogens is 491 g/mol. The van der Waals surface area contributed by atoms with Gasteiger partial charge in [0.05, 0.1) is 11.8 Å². The molecule has 1 aliphatic heterocycles. The Morgan fingerprint density at radius 1 is 1.10 bits per heavy atom. The molecule has 30 heavy (non-hydrogen) atoms. The van der Waals surface area contributed by atoms with Crippen LogP contribution in [0.5, 0.6) is 0 Å². The molecule has 3 aliphatic rings. The third kappa shape index (κ3) is 4.26. The second-order valence-corrected chi connectivity index (χ2v) is 8.22. The largest absolute Gasteiger partial charge is 0.356 e. The minimum absolute atomic E-state index is 0. The maximum absolute atomic E-state index is 12.7. The third-order valence-corrected chi connectivity index (χ3v) is 6.69. The summed E-state index contributed by atoms with van der Waals surface area (Å²) in [6.45, 7) is 3.85. The standard InChI is InChI=1S/C23H30N4O2.HI/c1-3-15(16-7-5-4-6-8-16)14-26-23(24-2)25-11-12-27-21(28)19-17-9-10-18(13-17)20(19)22(27)29;/h4-10,15,17-20H,3,11-14H2,1-2H3,(H2,24,25,26);1H. The molecule has 1 aromatic carbocycles. The number of likely N-dealkylation sites (tertiary alicyclic amines) is 1. The van der Waals surface area contributed by atoms with Gasteiger partial charge in [0, 0.05) is 32.6 Å². The Morgan fingerprint density at radius 3 is 2.30 bits per heavy atom. The van der Waals surface area contributed by atoms with Crippen molar-refractivity contribution in [1.29, 1.82) is 0 Å². The Bertz CT molecular complexity index is 796. The molecule has 5 atom stereocenters. The zero-order chi connectivity index (χ0) is 20.4. The number of fused-ring (bicyclic) bond motifs is 5. The van der Waals surface area contributed by atoms with Gasteiger partial charge in [0.1, 0.15) is 0 Å². The van der Waals surface area contributed by atoms with E-state index >= 15 is 0 Å². The highest BCUT2D eigenvalue weighted by Crippen LogP contribution is 2.52. The maximum atomic E-state index is 12.7. The molecular formula is C23H31IN4O2. The van der Waals surface area contributed by atoms with E-state index in [-0.39, 0.29) is 59.5 Å². The number of amides is 2. The maximum Gasteiger partial charge on any atom is 0.233 e. The van der Waals surface area contributed by atoms with Crippen molar-refractivity contribution in [3.63, 3.8) is 0 Å². The number of aliphatic imine (C=N–C) groups is 1. The molecule has 1 heterocycles. The van der Waals surface area contributed by atoms with E-state index in [1.165, 1.54) is 10.5 Å². The molecule has 162 valence electrons. The van der Waals surface area contributed by atoms with Crippen LogP contribution in [0.1, 0.15) is 31.2 Å². The summed E-state index contributed by atoms with van der Waals surface area (Å²) in [7, 11) is 1.73. The Labute approximate surface area is 195 Å². The first kappa shape index (κ1) is 22.8. The number of benzene rings is 1. The van der Waals surface area contributed by atoms with E-state index in [1.54, 1.807) is 7.05 Å². The van der Waals surface area contributed by atoms with Gasteiger partial charge >= 0.3 is 0 Å². The van der Waals surface area contributed by atoms with Gasteiger partial charge in [0.15, 0.2) is 5.96 Å². The molecule has 0 radical (unpaired) electrons. The van der Waals surface area contributed by atoms with E-state index in [0.29, 0.717) is 25.0 Å². The van der Waals surface area contributed by atoms with E-state index in [2.05, 4.69) is 59.0 Å². The van der Waals surface area contributed by atoms with Gasteiger partial charge in [0.2, 0.25) is 11.8 Å². The molecule has 2 aliphatic carbocycles. The van der Waals surface area contributed by atoms with Crippen molar-refractivity contribution >= 4 is 41.8 Å². The van der Waals surface area contributed by atoms with E-state index in [4.69, 9.17) is 0 Å². The van der Waals surface area contributed by atoms with Crippen LogP contribution >= 0.6 is 24.0 Å². The second kappa shape index (κ2) is 9.94. The minimum Gasteiger partial charge on any atom is -0.356 e. The fraction of sp³-hybridized carbons (Fsp3) is 0.522. The lowest BCUT2D eigenvalue weighted by Crippen LogP contribution is -2.44. The van der Waals surface area contributed by atoms with Crippen molar-refractivity contribution < 1.29 is 9.59 Å². The van der Waals surface area contributed by atoms with Crippen LogP contribution in [0.3, 0.4) is 0 Å². The molecule has 6 nitrogen and oxygen atoms in total. The number of guanidine groups is 1. The number of carbonyl (C=O) groups is 2. The third-order valence-electron chi connectivity index (χ3n) is 6.69. The predicted molar refractivity (Wildman–Crippen MR) is 129 cm³/mol. The van der Waals surface area contributed by atoms with Gasteiger partial charge in [-0.15, -0.1) is 24.0 Å². The molecule has 1 saturated heterocycles. The zero-order valence-electron chi connectivity index (χ0n) is 17.6. The minimum atomic E-state index is -0.119. The van der Waals surface area contributed by atoms with Crippen LogP contribution in [-0.2, 0) is 9.59 Å². The summed E-state index contributed by atoms with van der Waals surface area (Å²) >= 11 is 0. The smallest absolute Gasteiger partial charge is 0.233 e. The lowest BCUT2D eigenvalue weighted by atomic mass is 9.85. The fourth-order valence-electron chi connectivity index (χ4n) is 5.13. The van der Waals surface area contributed by atoms with E-state index in [0.717, 1.165) is 19.4 Å². The van der Waals surface area contributed by atoms with Gasteiger partial charge in [-0.25, -0.2) is 0 Å². The Kier molecular flexibility index (Phi) is 7.55. The summed E-state index contributed by atoms with van der Waals surface area (Å²) < 4.78 is 0. The molecule has 0 spiro atoms. The predicted octanol–water partition coefficient (Wildman–Crippen LogP) is 2.77. The molecule has 1 saturated carbocycles. The first-order valence-electron chi connectivity index (χ1n) is 10.7. The number of nitrogens with one attached hydrogen (secondary N) is 2. The van der Waals surface area contributed by atoms with Crippen molar-refractivity contribution in [2.75, 3.05) is 26.7 Å². The molecule has 2 bridgehead atoms. The zero-order valence-corrected chi connectivity index (χ0v) is 19.9. The highest BCUT2D eigenvalue weighted by Gasteiger charge is 2.58. The quantitative estimate of drug-likeness (QED) is 0.190. The van der Waals surface area contributed by atoms with Crippen LogP contribution in [0.2, 0.25) is 0 Å². The summed E-state index contributed by atoms with van der Waals surface area (Å²) in [6, 6.07) is 10.4. The molecule has 0 aromatic heterocycles. The van der Waals surface area contributed by atoms with E-state index in [1.807, 2.05) is 6.07 Å². The molecule has 7 heteroatoms. The highest BCUT2D eigenvalue weighted by molar-refractivity contribution is 14.0. The summed E-state index contributed by atoms with van der Waals surface area (Å²) in [5.74, 6) is 1.40. The van der Waals surface area contributed by atoms with Gasteiger partial charge in [0.25, 0.3) is 0 Å². The topological polar surface area (TPSA) is 73.8 Å². The number of carbonyl (C=O) groups excluding carboxylic acids is 2. The van der Waals surface area contributed by atoms with Gasteiger partial charge in [-0.3, -0.25) is 19.5 Å². The van der Waals surface area contributed by atoms with Crippen molar-refractivity contribution in [3.8, 4) is 0 Å². The summed E-state index contributed by atoms with van der Waals surface area (Å²) in [5, 5.41) is 6.62. The lowest BCUT2D eigenvalue weighted by molar-refractivity contribution is -0.140. The van der Waals surface area contributed by atoms with E-state index in [9.17, 15) is 9.59 Å². The van der Waals surface area contributed by atoms with Crippen LogP contribution in [0.15, 0.2) is 47.5 Å². The number of nitrogens with zero attached hydrogens (tertiary/aromatic N) is 2. The molecule has 2 fully saturated rings. The molecule has 5 unspecified atom stereocenters. The van der Waals surface area contributed by atoms with Crippen molar-refractivity contribution in [2.24, 2.45) is 28.7 Å². The number of hydrogen-bond acceptors (Lipinski definition) is 3. The van der Waals surface area contributed by atoms with Gasteiger partial charge in [-0.2, -0.15) is 0 Å².